The molecule has 96 valence electrons. The second-order valence-corrected chi connectivity index (χ2v) is 5.67. The van der Waals surface area contributed by atoms with Crippen LogP contribution in [0, 0.1) is 11.6 Å². The number of nitrogens with zero attached hydrogens (tertiary/aromatic N) is 1. The van der Waals surface area contributed by atoms with E-state index in [1.807, 2.05) is 0 Å². The highest BCUT2D eigenvalue weighted by molar-refractivity contribution is 7.89. The van der Waals surface area contributed by atoms with Gasteiger partial charge >= 0.3 is 0 Å². The average molecular weight is 265 g/mol. The monoisotopic (exact) mass is 265 g/mol. The van der Waals surface area contributed by atoms with E-state index in [0.29, 0.717) is 4.31 Å². The van der Waals surface area contributed by atoms with Crippen LogP contribution in [-0.4, -0.2) is 37.5 Å². The van der Waals surface area contributed by atoms with E-state index in [4.69, 9.17) is 5.11 Å². The van der Waals surface area contributed by atoms with Crippen molar-refractivity contribution in [3.05, 3.63) is 29.8 Å². The standard InChI is InChI=1S/C10H13F2NO3S/c1-7(14)6-13(2)17(15,16)10-8(11)4-3-5-9(10)12/h3-5,7,14H,6H2,1-2H3. The van der Waals surface area contributed by atoms with Gasteiger partial charge in [-0.25, -0.2) is 17.2 Å². The van der Waals surface area contributed by atoms with Crippen LogP contribution in [0.4, 0.5) is 8.78 Å². The third-order valence-electron chi connectivity index (χ3n) is 2.11. The smallest absolute Gasteiger partial charge is 0.248 e. The molecule has 0 aliphatic heterocycles. The molecule has 7 heteroatoms. The Hall–Kier alpha value is -1.05. The Labute approximate surface area is 98.5 Å². The Kier molecular flexibility index (Phi) is 4.18. The minimum absolute atomic E-state index is 0.240. The number of aliphatic hydroxyl groups is 1. The quantitative estimate of drug-likeness (QED) is 0.882. The lowest BCUT2D eigenvalue weighted by atomic mass is 10.3. The number of hydrogen-bond donors (Lipinski definition) is 1. The van der Waals surface area contributed by atoms with Gasteiger partial charge in [-0.15, -0.1) is 0 Å². The highest BCUT2D eigenvalue weighted by Gasteiger charge is 2.28. The molecule has 0 heterocycles. The summed E-state index contributed by atoms with van der Waals surface area (Å²) in [4.78, 5) is -0.997. The first-order valence-corrected chi connectivity index (χ1v) is 6.29. The van der Waals surface area contributed by atoms with Crippen LogP contribution in [0.2, 0.25) is 0 Å². The number of halogens is 2. The van der Waals surface area contributed by atoms with E-state index in [-0.39, 0.29) is 6.54 Å². The molecule has 0 aliphatic rings. The van der Waals surface area contributed by atoms with Gasteiger partial charge in [-0.1, -0.05) is 6.07 Å². The van der Waals surface area contributed by atoms with Crippen LogP contribution in [-0.2, 0) is 10.0 Å². The fraction of sp³-hybridized carbons (Fsp3) is 0.400. The molecule has 0 bridgehead atoms. The molecule has 1 N–H and O–H groups in total. The van der Waals surface area contributed by atoms with Gasteiger partial charge in [0.1, 0.15) is 11.6 Å². The summed E-state index contributed by atoms with van der Waals surface area (Å²) >= 11 is 0. The summed E-state index contributed by atoms with van der Waals surface area (Å²) in [6.07, 6.45) is -0.926. The number of aliphatic hydroxyl groups excluding tert-OH is 1. The molecule has 0 saturated carbocycles. The Morgan fingerprint density at radius 3 is 2.24 bits per heavy atom. The second kappa shape index (κ2) is 5.07. The largest absolute Gasteiger partial charge is 0.392 e. The summed E-state index contributed by atoms with van der Waals surface area (Å²) < 4.78 is 51.1. The lowest BCUT2D eigenvalue weighted by Crippen LogP contribution is -2.34. The van der Waals surface area contributed by atoms with E-state index in [9.17, 15) is 17.2 Å². The van der Waals surface area contributed by atoms with Gasteiger partial charge in [-0.2, -0.15) is 4.31 Å². The van der Waals surface area contributed by atoms with E-state index in [1.165, 1.54) is 6.92 Å². The van der Waals surface area contributed by atoms with Crippen LogP contribution in [0.15, 0.2) is 23.1 Å². The van der Waals surface area contributed by atoms with Crippen LogP contribution < -0.4 is 0 Å². The van der Waals surface area contributed by atoms with Crippen molar-refractivity contribution in [2.24, 2.45) is 0 Å². The third-order valence-corrected chi connectivity index (χ3v) is 3.98. The molecule has 0 amide bonds. The van der Waals surface area contributed by atoms with Crippen molar-refractivity contribution in [2.45, 2.75) is 17.9 Å². The maximum absolute atomic E-state index is 13.3. The summed E-state index contributed by atoms with van der Waals surface area (Å²) in [6.45, 7) is 1.14. The van der Waals surface area contributed by atoms with E-state index in [0.717, 1.165) is 25.2 Å². The fourth-order valence-corrected chi connectivity index (χ4v) is 2.71. The first-order chi connectivity index (χ1) is 7.76. The topological polar surface area (TPSA) is 57.6 Å². The molecule has 0 spiro atoms. The fourth-order valence-electron chi connectivity index (χ4n) is 1.36. The van der Waals surface area contributed by atoms with E-state index < -0.39 is 32.7 Å². The molecule has 17 heavy (non-hydrogen) atoms. The molecule has 1 aromatic carbocycles. The van der Waals surface area contributed by atoms with Crippen molar-refractivity contribution in [2.75, 3.05) is 13.6 Å². The van der Waals surface area contributed by atoms with Gasteiger partial charge in [-0.05, 0) is 19.1 Å². The summed E-state index contributed by atoms with van der Waals surface area (Å²) in [7, 11) is -3.13. The number of benzene rings is 1. The van der Waals surface area contributed by atoms with Gasteiger partial charge in [0, 0.05) is 13.6 Å². The Morgan fingerprint density at radius 2 is 1.82 bits per heavy atom. The molecule has 0 fully saturated rings. The molecule has 0 aromatic heterocycles. The lowest BCUT2D eigenvalue weighted by Gasteiger charge is -2.19. The van der Waals surface area contributed by atoms with Gasteiger partial charge in [-0.3, -0.25) is 0 Å². The van der Waals surface area contributed by atoms with Gasteiger partial charge in [0.15, 0.2) is 4.90 Å². The van der Waals surface area contributed by atoms with Gasteiger partial charge in [0.25, 0.3) is 0 Å². The minimum Gasteiger partial charge on any atom is -0.392 e. The zero-order valence-electron chi connectivity index (χ0n) is 9.39. The first kappa shape index (κ1) is 14.0. The summed E-state index contributed by atoms with van der Waals surface area (Å²) in [5.41, 5.74) is 0. The zero-order valence-corrected chi connectivity index (χ0v) is 10.2. The van der Waals surface area contributed by atoms with E-state index in [2.05, 4.69) is 0 Å². The van der Waals surface area contributed by atoms with Gasteiger partial charge < -0.3 is 5.11 Å². The van der Waals surface area contributed by atoms with Crippen LogP contribution in [0.25, 0.3) is 0 Å². The zero-order chi connectivity index (χ0) is 13.2. The maximum Gasteiger partial charge on any atom is 0.248 e. The Morgan fingerprint density at radius 1 is 1.35 bits per heavy atom. The Bertz CT molecular complexity index is 482. The minimum atomic E-state index is -4.27. The second-order valence-electron chi connectivity index (χ2n) is 3.69. The highest BCUT2D eigenvalue weighted by Crippen LogP contribution is 2.21. The van der Waals surface area contributed by atoms with Crippen LogP contribution in [0.3, 0.4) is 0 Å². The van der Waals surface area contributed by atoms with E-state index in [1.54, 1.807) is 0 Å². The molecule has 4 nitrogen and oxygen atoms in total. The van der Waals surface area contributed by atoms with Crippen molar-refractivity contribution in [3.8, 4) is 0 Å². The lowest BCUT2D eigenvalue weighted by molar-refractivity contribution is 0.171. The predicted molar refractivity (Wildman–Crippen MR) is 57.9 cm³/mol. The number of likely N-dealkylation sites (N-methyl/N-ethyl adjacent to an activating group) is 1. The van der Waals surface area contributed by atoms with Crippen molar-refractivity contribution >= 4 is 10.0 Å². The average Bonchev–Trinajstić information content (AvgIpc) is 2.15. The number of rotatable bonds is 4. The van der Waals surface area contributed by atoms with Gasteiger partial charge in [0.2, 0.25) is 10.0 Å². The third kappa shape index (κ3) is 2.99. The molecule has 1 atom stereocenters. The molecular formula is C10H13F2NO3S. The van der Waals surface area contributed by atoms with Crippen molar-refractivity contribution in [1.29, 1.82) is 0 Å². The van der Waals surface area contributed by atoms with Crippen molar-refractivity contribution < 1.29 is 22.3 Å². The predicted octanol–water partition coefficient (Wildman–Crippen LogP) is 0.966. The van der Waals surface area contributed by atoms with Crippen LogP contribution in [0.1, 0.15) is 6.92 Å². The van der Waals surface area contributed by atoms with Crippen LogP contribution in [0.5, 0.6) is 0 Å². The molecule has 1 aromatic rings. The Balaban J connectivity index is 3.22. The summed E-state index contributed by atoms with van der Waals surface area (Å²) in [5, 5.41) is 9.08. The van der Waals surface area contributed by atoms with Gasteiger partial charge in [0.05, 0.1) is 6.10 Å². The van der Waals surface area contributed by atoms with Crippen LogP contribution >= 0.6 is 0 Å². The number of sulfonamides is 1. The summed E-state index contributed by atoms with van der Waals surface area (Å²) in [5.74, 6) is -2.30. The van der Waals surface area contributed by atoms with Crippen molar-refractivity contribution in [3.63, 3.8) is 0 Å². The molecule has 1 rings (SSSR count). The molecule has 0 saturated heterocycles. The van der Waals surface area contributed by atoms with Crippen molar-refractivity contribution in [1.82, 2.24) is 4.31 Å². The normalized spacial score (nSPS) is 14.0. The van der Waals surface area contributed by atoms with E-state index >= 15 is 0 Å². The number of hydrogen-bond acceptors (Lipinski definition) is 3. The molecule has 1 unspecified atom stereocenters. The first-order valence-electron chi connectivity index (χ1n) is 4.85. The maximum atomic E-state index is 13.3. The highest BCUT2D eigenvalue weighted by atomic mass is 32.2. The summed E-state index contributed by atoms with van der Waals surface area (Å²) in [6, 6.07) is 2.82. The SMILES string of the molecule is CC(O)CN(C)S(=O)(=O)c1c(F)cccc1F. The molecule has 0 radical (unpaired) electrons. The molecular weight excluding hydrogens is 252 g/mol. The molecule has 0 aliphatic carbocycles.